The molecule has 0 fully saturated rings. The van der Waals surface area contributed by atoms with Gasteiger partial charge in [0, 0.05) is 19.3 Å². The van der Waals surface area contributed by atoms with Crippen molar-refractivity contribution in [3.8, 4) is 0 Å². The molecule has 0 aliphatic heterocycles. The molecule has 0 N–H and O–H groups in total. The third-order valence-electron chi connectivity index (χ3n) is 11.6. The average Bonchev–Trinajstić information content (AvgIpc) is 3.29. The quantitative estimate of drug-likeness (QED) is 0.0199. The first-order chi connectivity index (χ1) is 31.5. The number of hydrogen-bond acceptors (Lipinski definition) is 6. The Morgan fingerprint density at radius 2 is 0.625 bits per heavy atom. The maximum absolute atomic E-state index is 12.8. The Bertz CT molecular complexity index is 1210. The van der Waals surface area contributed by atoms with Gasteiger partial charge in [-0.3, -0.25) is 14.4 Å². The lowest BCUT2D eigenvalue weighted by atomic mass is 10.0. The topological polar surface area (TPSA) is 78.9 Å². The van der Waals surface area contributed by atoms with Crippen LogP contribution in [0.25, 0.3) is 0 Å². The van der Waals surface area contributed by atoms with Crippen molar-refractivity contribution in [2.45, 2.75) is 264 Å². The van der Waals surface area contributed by atoms with Gasteiger partial charge in [-0.15, -0.1) is 0 Å². The van der Waals surface area contributed by atoms with Gasteiger partial charge in [-0.05, 0) is 64.2 Å². The van der Waals surface area contributed by atoms with E-state index in [2.05, 4.69) is 45.1 Å². The maximum atomic E-state index is 12.8. The van der Waals surface area contributed by atoms with E-state index < -0.39 is 6.10 Å². The van der Waals surface area contributed by atoms with Crippen LogP contribution >= 0.6 is 0 Å². The van der Waals surface area contributed by atoms with E-state index in [9.17, 15) is 14.4 Å². The molecule has 0 radical (unpaired) electrons. The Hall–Kier alpha value is -3.15. The molecule has 0 rings (SSSR count). The first kappa shape index (κ1) is 60.9. The summed E-state index contributed by atoms with van der Waals surface area (Å²) in [6.07, 6.45) is 66.0. The van der Waals surface area contributed by atoms with Gasteiger partial charge in [-0.25, -0.2) is 0 Å². The molecule has 1 unspecified atom stereocenters. The van der Waals surface area contributed by atoms with Gasteiger partial charge in [0.15, 0.2) is 6.10 Å². The number of unbranched alkanes of at least 4 members (excludes halogenated alkanes) is 29. The van der Waals surface area contributed by atoms with Crippen LogP contribution in [0, 0.1) is 0 Å². The first-order valence-corrected chi connectivity index (χ1v) is 27.0. The third-order valence-corrected chi connectivity index (χ3v) is 11.6. The molecule has 0 aliphatic carbocycles. The Morgan fingerprint density at radius 3 is 1.03 bits per heavy atom. The Balaban J connectivity index is 4.44. The molecule has 0 amide bonds. The van der Waals surface area contributed by atoms with E-state index in [-0.39, 0.29) is 37.5 Å². The van der Waals surface area contributed by atoms with Crippen LogP contribution in [0.4, 0.5) is 0 Å². The lowest BCUT2D eigenvalue weighted by molar-refractivity contribution is -0.167. The molecular weight excluding hydrogens is 793 g/mol. The van der Waals surface area contributed by atoms with Crippen LogP contribution in [0.2, 0.25) is 0 Å². The first-order valence-electron chi connectivity index (χ1n) is 27.0. The molecule has 6 nitrogen and oxygen atoms in total. The van der Waals surface area contributed by atoms with Gasteiger partial charge in [-0.1, -0.05) is 248 Å². The van der Waals surface area contributed by atoms with Crippen molar-refractivity contribution >= 4 is 17.9 Å². The predicted molar refractivity (Wildman–Crippen MR) is 274 cm³/mol. The van der Waals surface area contributed by atoms with Crippen molar-refractivity contribution in [1.29, 1.82) is 0 Å². The summed E-state index contributed by atoms with van der Waals surface area (Å²) in [6.45, 7) is 6.46. The average molecular weight is 893 g/mol. The van der Waals surface area contributed by atoms with Crippen molar-refractivity contribution in [3.63, 3.8) is 0 Å². The van der Waals surface area contributed by atoms with Gasteiger partial charge in [0.25, 0.3) is 0 Å². The van der Waals surface area contributed by atoms with E-state index in [4.69, 9.17) is 14.2 Å². The molecule has 368 valence electrons. The predicted octanol–water partition coefficient (Wildman–Crippen LogP) is 17.8. The summed E-state index contributed by atoms with van der Waals surface area (Å²) in [4.78, 5) is 38.0. The van der Waals surface area contributed by atoms with E-state index in [1.807, 2.05) is 48.6 Å². The van der Waals surface area contributed by atoms with Crippen LogP contribution < -0.4 is 0 Å². The minimum absolute atomic E-state index is 0.0921. The smallest absolute Gasteiger partial charge is 0.306 e. The highest BCUT2D eigenvalue weighted by molar-refractivity contribution is 5.71. The summed E-state index contributed by atoms with van der Waals surface area (Å²) in [5, 5.41) is 0. The van der Waals surface area contributed by atoms with Crippen LogP contribution in [0.1, 0.15) is 258 Å². The maximum Gasteiger partial charge on any atom is 0.306 e. The highest BCUT2D eigenvalue weighted by atomic mass is 16.6. The number of esters is 3. The molecule has 0 aliphatic rings. The Morgan fingerprint density at radius 1 is 0.328 bits per heavy atom. The number of rotatable bonds is 48. The van der Waals surface area contributed by atoms with Crippen LogP contribution in [0.15, 0.2) is 72.9 Å². The summed E-state index contributed by atoms with van der Waals surface area (Å²) in [5.41, 5.74) is 0. The summed E-state index contributed by atoms with van der Waals surface area (Å²) >= 11 is 0. The highest BCUT2D eigenvalue weighted by Gasteiger charge is 2.19. The van der Waals surface area contributed by atoms with E-state index in [1.54, 1.807) is 0 Å². The largest absolute Gasteiger partial charge is 0.462 e. The lowest BCUT2D eigenvalue weighted by Crippen LogP contribution is -2.30. The summed E-state index contributed by atoms with van der Waals surface area (Å²) in [5.74, 6) is -0.932. The molecule has 0 aromatic carbocycles. The number of carbonyl (C=O) groups excluding carboxylic acids is 3. The molecule has 0 aromatic rings. The van der Waals surface area contributed by atoms with Crippen LogP contribution in [0.5, 0.6) is 0 Å². The molecule has 0 bridgehead atoms. The van der Waals surface area contributed by atoms with Gasteiger partial charge in [-0.2, -0.15) is 0 Å². The standard InChI is InChI=1S/C58H100O6/c1-4-7-10-13-16-19-22-25-28-31-33-36-39-42-45-48-51-57(60)63-54-55(64-58(61)52-49-46-43-40-37-34-30-27-24-21-18-15-12-9-6-3)53-62-56(59)50-47-44-41-38-35-32-29-26-23-20-17-14-11-8-5-2/h9,12,15,18,20-21,23-24,27,30,34,37,55H,4-8,10-11,13-14,16-17,19,22,25-26,28-29,31-33,35-36,38-54H2,1-3H3/b12-9-,18-15-,23-20-,24-21-,30-27-,37-34-. The fraction of sp³-hybridized carbons (Fsp3) is 0.741. The number of hydrogen-bond donors (Lipinski definition) is 0. The van der Waals surface area contributed by atoms with Crippen LogP contribution in [-0.2, 0) is 28.6 Å². The molecular formula is C58H100O6. The second-order valence-electron chi connectivity index (χ2n) is 17.9. The van der Waals surface area contributed by atoms with Crippen molar-refractivity contribution in [1.82, 2.24) is 0 Å². The number of allylic oxidation sites excluding steroid dienone is 12. The third kappa shape index (κ3) is 49.9. The van der Waals surface area contributed by atoms with E-state index in [0.717, 1.165) is 64.2 Å². The molecule has 0 aromatic heterocycles. The van der Waals surface area contributed by atoms with Crippen LogP contribution in [0.3, 0.4) is 0 Å². The molecule has 1 atom stereocenters. The molecule has 0 heterocycles. The van der Waals surface area contributed by atoms with Gasteiger partial charge in [0.2, 0.25) is 0 Å². The van der Waals surface area contributed by atoms with Gasteiger partial charge in [0.1, 0.15) is 13.2 Å². The molecule has 0 spiro atoms. The van der Waals surface area contributed by atoms with Crippen molar-refractivity contribution in [2.24, 2.45) is 0 Å². The SMILES string of the molecule is CC\C=C/C=C\C=C/C=C\C=C/CCCCCC(=O)OC(COC(=O)CCCCCCCCC/C=C\CCCCCC)COC(=O)CCCCCCCCCCCCCCCCCC. The van der Waals surface area contributed by atoms with Gasteiger partial charge < -0.3 is 14.2 Å². The fourth-order valence-electron chi connectivity index (χ4n) is 7.52. The lowest BCUT2D eigenvalue weighted by Gasteiger charge is -2.18. The Labute approximate surface area is 395 Å². The molecule has 0 saturated heterocycles. The second kappa shape index (κ2) is 52.5. The van der Waals surface area contributed by atoms with Gasteiger partial charge in [0.05, 0.1) is 0 Å². The monoisotopic (exact) mass is 893 g/mol. The summed E-state index contributed by atoms with van der Waals surface area (Å²) in [7, 11) is 0. The Kier molecular flexibility index (Phi) is 49.9. The zero-order chi connectivity index (χ0) is 46.5. The minimum Gasteiger partial charge on any atom is -0.462 e. The molecule has 64 heavy (non-hydrogen) atoms. The van der Waals surface area contributed by atoms with Crippen molar-refractivity contribution < 1.29 is 28.6 Å². The summed E-state index contributed by atoms with van der Waals surface area (Å²) in [6, 6.07) is 0. The second-order valence-corrected chi connectivity index (χ2v) is 17.9. The van der Waals surface area contributed by atoms with Crippen molar-refractivity contribution in [2.75, 3.05) is 13.2 Å². The van der Waals surface area contributed by atoms with Crippen LogP contribution in [-0.4, -0.2) is 37.2 Å². The zero-order valence-electron chi connectivity index (χ0n) is 42.0. The zero-order valence-corrected chi connectivity index (χ0v) is 42.0. The van der Waals surface area contributed by atoms with Gasteiger partial charge >= 0.3 is 17.9 Å². The molecule has 0 saturated carbocycles. The fourth-order valence-corrected chi connectivity index (χ4v) is 7.52. The van der Waals surface area contributed by atoms with E-state index >= 15 is 0 Å². The molecule has 6 heteroatoms. The van der Waals surface area contributed by atoms with E-state index in [0.29, 0.717) is 19.3 Å². The normalized spacial score (nSPS) is 12.6. The number of carbonyl (C=O) groups is 3. The highest BCUT2D eigenvalue weighted by Crippen LogP contribution is 2.16. The number of ether oxygens (including phenoxy) is 3. The minimum atomic E-state index is -0.797. The van der Waals surface area contributed by atoms with E-state index in [1.165, 1.54) is 148 Å². The summed E-state index contributed by atoms with van der Waals surface area (Å²) < 4.78 is 16.8. The van der Waals surface area contributed by atoms with Crippen molar-refractivity contribution in [3.05, 3.63) is 72.9 Å².